The summed E-state index contributed by atoms with van der Waals surface area (Å²) in [5.41, 5.74) is 0.208. The molecule has 0 radical (unpaired) electrons. The summed E-state index contributed by atoms with van der Waals surface area (Å²) in [6.45, 7) is 0.389. The van der Waals surface area contributed by atoms with Crippen molar-refractivity contribution >= 4 is 5.91 Å². The molecule has 1 fully saturated rings. The minimum absolute atomic E-state index is 0.364. The molecule has 0 unspecified atom stereocenters. The van der Waals surface area contributed by atoms with Gasteiger partial charge >= 0.3 is 0 Å². The number of carbonyl (C=O) groups is 1. The van der Waals surface area contributed by atoms with E-state index < -0.39 is 28.9 Å². The zero-order valence-corrected chi connectivity index (χ0v) is 14.5. The smallest absolute Gasteiger partial charge is 0.261 e. The first-order valence-electron chi connectivity index (χ1n) is 8.17. The van der Waals surface area contributed by atoms with Crippen LogP contribution < -0.4 is 9.47 Å². The van der Waals surface area contributed by atoms with E-state index in [1.54, 1.807) is 18.2 Å². The third-order valence-electron chi connectivity index (χ3n) is 4.56. The summed E-state index contributed by atoms with van der Waals surface area (Å²) in [5.74, 6) is -2.24. The summed E-state index contributed by atoms with van der Waals surface area (Å²) in [6.07, 6.45) is 1.36. The van der Waals surface area contributed by atoms with Crippen molar-refractivity contribution in [3.05, 3.63) is 53.1 Å². The van der Waals surface area contributed by atoms with Gasteiger partial charge in [0.2, 0.25) is 0 Å². The Morgan fingerprint density at radius 1 is 1.19 bits per heavy atom. The minimum atomic E-state index is -1.09. The lowest BCUT2D eigenvalue weighted by Gasteiger charge is -2.27. The molecule has 0 bridgehead atoms. The van der Waals surface area contributed by atoms with E-state index >= 15 is 0 Å². The topological polar surface area (TPSA) is 59.0 Å². The Morgan fingerprint density at radius 2 is 1.96 bits per heavy atom. The van der Waals surface area contributed by atoms with Crippen LogP contribution in [0, 0.1) is 11.6 Å². The van der Waals surface area contributed by atoms with Gasteiger partial charge in [-0.1, -0.05) is 0 Å². The van der Waals surface area contributed by atoms with Crippen molar-refractivity contribution in [3.8, 4) is 17.2 Å². The normalized spacial score (nSPS) is 16.6. The van der Waals surface area contributed by atoms with Crippen LogP contribution in [0.4, 0.5) is 8.78 Å². The Morgan fingerprint density at radius 3 is 2.62 bits per heavy atom. The van der Waals surface area contributed by atoms with Crippen LogP contribution in [0.1, 0.15) is 34.8 Å². The second-order valence-corrected chi connectivity index (χ2v) is 6.05. The van der Waals surface area contributed by atoms with Gasteiger partial charge in [0.1, 0.15) is 34.4 Å². The highest BCUT2D eigenvalue weighted by Crippen LogP contribution is 2.40. The average molecular weight is 363 g/mol. The Labute approximate surface area is 149 Å². The van der Waals surface area contributed by atoms with E-state index in [4.69, 9.17) is 9.47 Å². The fourth-order valence-corrected chi connectivity index (χ4v) is 3.35. The zero-order valence-electron chi connectivity index (χ0n) is 14.5. The summed E-state index contributed by atoms with van der Waals surface area (Å²) < 4.78 is 38.0. The van der Waals surface area contributed by atoms with Gasteiger partial charge in [0.05, 0.1) is 20.3 Å². The van der Waals surface area contributed by atoms with Crippen LogP contribution in [0.3, 0.4) is 0 Å². The van der Waals surface area contributed by atoms with E-state index in [0.717, 1.165) is 11.6 Å². The van der Waals surface area contributed by atoms with Crippen molar-refractivity contribution in [2.75, 3.05) is 20.8 Å². The number of rotatable bonds is 4. The molecule has 7 heteroatoms. The molecule has 2 aromatic rings. The molecule has 1 aliphatic heterocycles. The van der Waals surface area contributed by atoms with Crippen LogP contribution in [0.15, 0.2) is 30.3 Å². The maximum Gasteiger partial charge on any atom is 0.261 e. The Bertz CT molecular complexity index is 817. The maximum absolute atomic E-state index is 14.1. The third-order valence-corrected chi connectivity index (χ3v) is 4.56. The largest absolute Gasteiger partial charge is 0.507 e. The minimum Gasteiger partial charge on any atom is -0.507 e. The number of carbonyl (C=O) groups excluding carboxylic acids is 1. The number of likely N-dealkylation sites (tertiary alicyclic amines) is 1. The predicted octanol–water partition coefficient (Wildman–Crippen LogP) is 3.66. The van der Waals surface area contributed by atoms with Gasteiger partial charge in [0.15, 0.2) is 0 Å². The quantitative estimate of drug-likeness (QED) is 0.901. The predicted molar refractivity (Wildman–Crippen MR) is 90.6 cm³/mol. The van der Waals surface area contributed by atoms with E-state index in [2.05, 4.69) is 0 Å². The molecular formula is C19H19F2NO4. The number of phenolic OH excluding ortho intramolecular Hbond substituents is 1. The SMILES string of the molecule is COc1ccc(OC)c([C@@H]2CCCN2C(=O)c2c(O)cc(F)cc2F)c1. The van der Waals surface area contributed by atoms with Gasteiger partial charge < -0.3 is 19.5 Å². The molecule has 26 heavy (non-hydrogen) atoms. The molecule has 1 amide bonds. The number of ether oxygens (including phenoxy) is 2. The molecule has 1 atom stereocenters. The zero-order chi connectivity index (χ0) is 18.8. The number of methoxy groups -OCH3 is 2. The number of phenols is 1. The van der Waals surface area contributed by atoms with E-state index in [9.17, 15) is 18.7 Å². The lowest BCUT2D eigenvalue weighted by Crippen LogP contribution is -2.31. The van der Waals surface area contributed by atoms with Crippen molar-refractivity contribution in [2.45, 2.75) is 18.9 Å². The summed E-state index contributed by atoms with van der Waals surface area (Å²) in [6, 6.07) is 6.21. The highest BCUT2D eigenvalue weighted by molar-refractivity contribution is 5.97. The second-order valence-electron chi connectivity index (χ2n) is 6.05. The molecule has 1 N–H and O–H groups in total. The highest BCUT2D eigenvalue weighted by Gasteiger charge is 2.35. The fraction of sp³-hybridized carbons (Fsp3) is 0.316. The van der Waals surface area contributed by atoms with Crippen LogP contribution in [-0.4, -0.2) is 36.7 Å². The van der Waals surface area contributed by atoms with Gasteiger partial charge in [-0.3, -0.25) is 4.79 Å². The molecule has 5 nitrogen and oxygen atoms in total. The Balaban J connectivity index is 2.00. The lowest BCUT2D eigenvalue weighted by molar-refractivity contribution is 0.0725. The van der Waals surface area contributed by atoms with Gasteiger partial charge in [-0.05, 0) is 31.0 Å². The van der Waals surface area contributed by atoms with Crippen molar-refractivity contribution in [1.29, 1.82) is 0 Å². The second kappa shape index (κ2) is 7.19. The summed E-state index contributed by atoms with van der Waals surface area (Å²) >= 11 is 0. The number of hydrogen-bond acceptors (Lipinski definition) is 4. The third kappa shape index (κ3) is 3.16. The van der Waals surface area contributed by atoms with E-state index in [1.807, 2.05) is 0 Å². The van der Waals surface area contributed by atoms with Crippen LogP contribution >= 0.6 is 0 Å². The first-order chi connectivity index (χ1) is 12.5. The van der Waals surface area contributed by atoms with E-state index in [1.165, 1.54) is 19.1 Å². The van der Waals surface area contributed by atoms with Gasteiger partial charge in [0, 0.05) is 24.2 Å². The summed E-state index contributed by atoms with van der Waals surface area (Å²) in [5, 5.41) is 9.87. The molecule has 3 rings (SSSR count). The van der Waals surface area contributed by atoms with Crippen molar-refractivity contribution in [2.24, 2.45) is 0 Å². The van der Waals surface area contributed by atoms with Crippen LogP contribution in [0.2, 0.25) is 0 Å². The molecule has 0 aliphatic carbocycles. The average Bonchev–Trinajstić information content (AvgIpc) is 3.09. The van der Waals surface area contributed by atoms with Crippen LogP contribution in [-0.2, 0) is 0 Å². The standard InChI is InChI=1S/C19H19F2NO4/c1-25-12-5-6-17(26-2)13(10-12)15-4-3-7-22(15)19(24)18-14(21)8-11(20)9-16(18)23/h5-6,8-10,15,23H,3-4,7H2,1-2H3/t15-/m0/s1. The number of benzene rings is 2. The fourth-order valence-electron chi connectivity index (χ4n) is 3.35. The van der Waals surface area contributed by atoms with Crippen molar-refractivity contribution in [3.63, 3.8) is 0 Å². The monoisotopic (exact) mass is 363 g/mol. The van der Waals surface area contributed by atoms with Crippen LogP contribution in [0.25, 0.3) is 0 Å². The summed E-state index contributed by atoms with van der Waals surface area (Å²) in [4.78, 5) is 14.3. The number of amides is 1. The number of halogens is 2. The maximum atomic E-state index is 14.1. The van der Waals surface area contributed by atoms with Gasteiger partial charge in [-0.25, -0.2) is 8.78 Å². The number of nitrogens with zero attached hydrogens (tertiary/aromatic N) is 1. The first kappa shape index (κ1) is 18.0. The first-order valence-corrected chi connectivity index (χ1v) is 8.17. The van der Waals surface area contributed by atoms with Crippen molar-refractivity contribution in [1.82, 2.24) is 4.90 Å². The molecule has 0 spiro atoms. The molecule has 0 aromatic heterocycles. The summed E-state index contributed by atoms with van der Waals surface area (Å²) in [7, 11) is 3.06. The molecular weight excluding hydrogens is 344 g/mol. The van der Waals surface area contributed by atoms with Gasteiger partial charge in [0.25, 0.3) is 5.91 Å². The Hall–Kier alpha value is -2.83. The Kier molecular flexibility index (Phi) is 4.97. The molecule has 1 aliphatic rings. The molecule has 1 heterocycles. The van der Waals surface area contributed by atoms with Crippen LogP contribution in [0.5, 0.6) is 17.2 Å². The lowest BCUT2D eigenvalue weighted by atomic mass is 10.0. The number of aromatic hydroxyl groups is 1. The number of hydrogen-bond donors (Lipinski definition) is 1. The van der Waals surface area contributed by atoms with E-state index in [0.29, 0.717) is 37.0 Å². The molecule has 2 aromatic carbocycles. The molecule has 0 saturated carbocycles. The van der Waals surface area contributed by atoms with Gasteiger partial charge in [-0.2, -0.15) is 0 Å². The highest BCUT2D eigenvalue weighted by atomic mass is 19.1. The van der Waals surface area contributed by atoms with Crippen molar-refractivity contribution < 1.29 is 28.2 Å². The van der Waals surface area contributed by atoms with E-state index in [-0.39, 0.29) is 6.04 Å². The molecule has 1 saturated heterocycles. The molecule has 138 valence electrons. The van der Waals surface area contributed by atoms with Gasteiger partial charge in [-0.15, -0.1) is 0 Å².